The summed E-state index contributed by atoms with van der Waals surface area (Å²) in [5.41, 5.74) is -0.221. The Bertz CT molecular complexity index is 199. The third-order valence-electron chi connectivity index (χ3n) is 4.16. The van der Waals surface area contributed by atoms with Crippen molar-refractivity contribution in [1.29, 1.82) is 0 Å². The van der Waals surface area contributed by atoms with Crippen LogP contribution in [0.15, 0.2) is 0 Å². The first-order valence-electron chi connectivity index (χ1n) is 6.72. The lowest BCUT2D eigenvalue weighted by Gasteiger charge is -2.37. The lowest BCUT2D eigenvalue weighted by Crippen LogP contribution is -2.43. The van der Waals surface area contributed by atoms with Gasteiger partial charge in [0.05, 0.1) is 12.2 Å². The van der Waals surface area contributed by atoms with E-state index in [2.05, 4.69) is 6.92 Å². The number of rotatable bonds is 3. The van der Waals surface area contributed by atoms with Crippen LogP contribution >= 0.6 is 0 Å². The molecular formula is C14H28O2. The average molecular weight is 228 g/mol. The highest BCUT2D eigenvalue weighted by atomic mass is 16.3. The fourth-order valence-corrected chi connectivity index (χ4v) is 2.71. The zero-order valence-electron chi connectivity index (χ0n) is 11.2. The number of aliphatic hydroxyl groups excluding tert-OH is 2. The lowest BCUT2D eigenvalue weighted by atomic mass is 9.73. The molecule has 0 aromatic heterocycles. The summed E-state index contributed by atoms with van der Waals surface area (Å²) < 4.78 is 0. The van der Waals surface area contributed by atoms with Crippen LogP contribution in [0.3, 0.4) is 0 Å². The van der Waals surface area contributed by atoms with Crippen LogP contribution in [0.1, 0.15) is 59.8 Å². The predicted molar refractivity (Wildman–Crippen MR) is 67.2 cm³/mol. The Balaban J connectivity index is 2.47. The molecule has 1 fully saturated rings. The van der Waals surface area contributed by atoms with Crippen molar-refractivity contribution in [1.82, 2.24) is 0 Å². The van der Waals surface area contributed by atoms with Crippen molar-refractivity contribution >= 4 is 0 Å². The fourth-order valence-electron chi connectivity index (χ4n) is 2.71. The Morgan fingerprint density at radius 2 is 1.56 bits per heavy atom. The zero-order chi connectivity index (χ0) is 12.3. The first kappa shape index (κ1) is 14.0. The van der Waals surface area contributed by atoms with Crippen molar-refractivity contribution in [3.63, 3.8) is 0 Å². The van der Waals surface area contributed by atoms with Crippen LogP contribution in [-0.2, 0) is 0 Å². The van der Waals surface area contributed by atoms with Gasteiger partial charge in [0.2, 0.25) is 0 Å². The maximum absolute atomic E-state index is 10.2. The van der Waals surface area contributed by atoms with Crippen LogP contribution < -0.4 is 0 Å². The Morgan fingerprint density at radius 1 is 1.06 bits per heavy atom. The minimum atomic E-state index is -0.601. The Kier molecular flexibility index (Phi) is 4.81. The topological polar surface area (TPSA) is 40.5 Å². The van der Waals surface area contributed by atoms with Gasteiger partial charge in [-0.1, -0.05) is 47.0 Å². The Labute approximate surface area is 100 Å². The van der Waals surface area contributed by atoms with Gasteiger partial charge in [0.1, 0.15) is 0 Å². The van der Waals surface area contributed by atoms with Gasteiger partial charge in [-0.2, -0.15) is 0 Å². The van der Waals surface area contributed by atoms with E-state index < -0.39 is 12.2 Å². The number of hydrogen-bond donors (Lipinski definition) is 2. The molecule has 0 aromatic carbocycles. The van der Waals surface area contributed by atoms with Crippen LogP contribution in [0, 0.1) is 17.3 Å². The maximum atomic E-state index is 10.2. The van der Waals surface area contributed by atoms with Gasteiger partial charge in [-0.25, -0.2) is 0 Å². The molecule has 1 aliphatic carbocycles. The summed E-state index contributed by atoms with van der Waals surface area (Å²) in [5.74, 6) is 1.15. The molecule has 0 aromatic rings. The smallest absolute Gasteiger partial charge is 0.0849 e. The van der Waals surface area contributed by atoms with Crippen molar-refractivity contribution < 1.29 is 10.2 Å². The largest absolute Gasteiger partial charge is 0.390 e. The van der Waals surface area contributed by atoms with Gasteiger partial charge in [0.25, 0.3) is 0 Å². The molecule has 1 aliphatic rings. The quantitative estimate of drug-likeness (QED) is 0.779. The molecule has 1 rings (SSSR count). The third kappa shape index (κ3) is 3.46. The molecule has 2 N–H and O–H groups in total. The van der Waals surface area contributed by atoms with Crippen LogP contribution in [0.2, 0.25) is 0 Å². The van der Waals surface area contributed by atoms with E-state index in [1.54, 1.807) is 0 Å². The monoisotopic (exact) mass is 228 g/mol. The molecule has 16 heavy (non-hydrogen) atoms. The van der Waals surface area contributed by atoms with E-state index in [1.807, 2.05) is 20.8 Å². The van der Waals surface area contributed by atoms with Crippen LogP contribution in [0.25, 0.3) is 0 Å². The van der Waals surface area contributed by atoms with E-state index >= 15 is 0 Å². The van der Waals surface area contributed by atoms with Gasteiger partial charge in [0, 0.05) is 0 Å². The molecule has 96 valence electrons. The SMILES string of the molecule is CCC1CCC(C(O)C(O)C(C)(C)C)CC1. The normalized spacial score (nSPS) is 31.1. The second-order valence-electron chi connectivity index (χ2n) is 6.49. The number of hydrogen-bond acceptors (Lipinski definition) is 2. The van der Waals surface area contributed by atoms with Gasteiger partial charge in [-0.15, -0.1) is 0 Å². The van der Waals surface area contributed by atoms with Gasteiger partial charge < -0.3 is 10.2 Å². The molecule has 0 radical (unpaired) electrons. The summed E-state index contributed by atoms with van der Waals surface area (Å²) in [5, 5.41) is 20.3. The van der Waals surface area contributed by atoms with E-state index in [0.29, 0.717) is 5.92 Å². The molecule has 0 bridgehead atoms. The van der Waals surface area contributed by atoms with Gasteiger partial charge in [0.15, 0.2) is 0 Å². The first-order valence-corrected chi connectivity index (χ1v) is 6.72. The van der Waals surface area contributed by atoms with Crippen molar-refractivity contribution in [2.45, 2.75) is 72.0 Å². The van der Waals surface area contributed by atoms with Gasteiger partial charge >= 0.3 is 0 Å². The van der Waals surface area contributed by atoms with Crippen molar-refractivity contribution in [2.75, 3.05) is 0 Å². The summed E-state index contributed by atoms with van der Waals surface area (Å²) >= 11 is 0. The molecule has 0 heterocycles. The molecule has 0 saturated heterocycles. The molecule has 2 heteroatoms. The summed E-state index contributed by atoms with van der Waals surface area (Å²) in [6, 6.07) is 0. The minimum absolute atomic E-state index is 0.221. The lowest BCUT2D eigenvalue weighted by molar-refractivity contribution is -0.0792. The van der Waals surface area contributed by atoms with Gasteiger partial charge in [-0.3, -0.25) is 0 Å². The highest BCUT2D eigenvalue weighted by Crippen LogP contribution is 2.36. The van der Waals surface area contributed by atoms with E-state index in [9.17, 15) is 10.2 Å². The van der Waals surface area contributed by atoms with Crippen LogP contribution in [0.4, 0.5) is 0 Å². The van der Waals surface area contributed by atoms with E-state index in [0.717, 1.165) is 18.8 Å². The summed E-state index contributed by atoms with van der Waals surface area (Å²) in [6.07, 6.45) is 4.70. The van der Waals surface area contributed by atoms with Crippen LogP contribution in [0.5, 0.6) is 0 Å². The first-order chi connectivity index (χ1) is 7.36. The highest BCUT2D eigenvalue weighted by molar-refractivity contribution is 4.86. The second kappa shape index (κ2) is 5.50. The van der Waals surface area contributed by atoms with E-state index in [1.165, 1.54) is 19.3 Å². The molecule has 0 spiro atoms. The maximum Gasteiger partial charge on any atom is 0.0849 e. The predicted octanol–water partition coefficient (Wildman–Crippen LogP) is 2.97. The third-order valence-corrected chi connectivity index (χ3v) is 4.16. The number of aliphatic hydroxyl groups is 2. The van der Waals surface area contributed by atoms with E-state index in [4.69, 9.17) is 0 Å². The average Bonchev–Trinajstić information content (AvgIpc) is 2.26. The molecule has 1 saturated carbocycles. The van der Waals surface area contributed by atoms with E-state index in [-0.39, 0.29) is 5.41 Å². The van der Waals surface area contributed by atoms with Crippen molar-refractivity contribution in [2.24, 2.45) is 17.3 Å². The fraction of sp³-hybridized carbons (Fsp3) is 1.00. The van der Waals surface area contributed by atoms with Crippen LogP contribution in [-0.4, -0.2) is 22.4 Å². The summed E-state index contributed by atoms with van der Waals surface area (Å²) in [7, 11) is 0. The molecule has 2 nitrogen and oxygen atoms in total. The molecular weight excluding hydrogens is 200 g/mol. The van der Waals surface area contributed by atoms with Crippen molar-refractivity contribution in [3.8, 4) is 0 Å². The molecule has 0 aliphatic heterocycles. The molecule has 2 atom stereocenters. The Hall–Kier alpha value is -0.0800. The van der Waals surface area contributed by atoms with Crippen molar-refractivity contribution in [3.05, 3.63) is 0 Å². The standard InChI is InChI=1S/C14H28O2/c1-5-10-6-8-11(9-7-10)12(15)13(16)14(2,3)4/h10-13,15-16H,5-9H2,1-4H3. The Morgan fingerprint density at radius 3 is 1.94 bits per heavy atom. The summed E-state index contributed by atoms with van der Waals surface area (Å²) in [4.78, 5) is 0. The minimum Gasteiger partial charge on any atom is -0.390 e. The molecule has 2 unspecified atom stereocenters. The highest BCUT2D eigenvalue weighted by Gasteiger charge is 2.35. The molecule has 0 amide bonds. The zero-order valence-corrected chi connectivity index (χ0v) is 11.2. The second-order valence-corrected chi connectivity index (χ2v) is 6.49. The summed E-state index contributed by atoms with van der Waals surface area (Å²) in [6.45, 7) is 8.20. The van der Waals surface area contributed by atoms with Gasteiger partial charge in [-0.05, 0) is 30.1 Å².